The number of nitrogens with two attached hydrogens (primary N) is 1. The topological polar surface area (TPSA) is 134 Å². The summed E-state index contributed by atoms with van der Waals surface area (Å²) in [4.78, 5) is 24.0. The molecule has 1 heterocycles. The maximum Gasteiger partial charge on any atom is 0.338 e. The molecule has 1 aliphatic heterocycles. The van der Waals surface area contributed by atoms with Crippen LogP contribution in [0.15, 0.2) is 41.3 Å². The Morgan fingerprint density at radius 3 is 2.66 bits per heavy atom. The van der Waals surface area contributed by atoms with Gasteiger partial charge in [0.15, 0.2) is 17.6 Å². The van der Waals surface area contributed by atoms with E-state index in [2.05, 4.69) is 5.32 Å². The first-order valence-electron chi connectivity index (χ1n) is 8.35. The molecule has 11 heteroatoms. The molecular weight excluding hydrogens is 424 g/mol. The van der Waals surface area contributed by atoms with Crippen LogP contribution in [0.2, 0.25) is 5.02 Å². The highest BCUT2D eigenvalue weighted by molar-refractivity contribution is 7.89. The molecule has 154 valence electrons. The Morgan fingerprint density at radius 1 is 1.21 bits per heavy atom. The van der Waals surface area contributed by atoms with Gasteiger partial charge in [0.25, 0.3) is 5.91 Å². The minimum atomic E-state index is -4.12. The van der Waals surface area contributed by atoms with Gasteiger partial charge in [-0.15, -0.1) is 0 Å². The number of nitrogens with one attached hydrogen (secondary N) is 1. The number of amides is 1. The summed E-state index contributed by atoms with van der Waals surface area (Å²) in [5, 5.41) is 7.58. The average Bonchev–Trinajstić information content (AvgIpc) is 3.13. The van der Waals surface area contributed by atoms with Crippen molar-refractivity contribution < 1.29 is 32.2 Å². The standard InChI is InChI=1S/C18H17ClN2O7S/c1-10(17(22)21-8-11-2-5-14-15(6-11)27-9-26-14)28-18(23)12-3-4-13(19)16(7-12)29(20,24)25/h2-7,10H,8-9H2,1H3,(H,21,22)(H2,20,24,25)/t10-/m0/s1. The zero-order valence-corrected chi connectivity index (χ0v) is 16.7. The Labute approximate surface area is 171 Å². The van der Waals surface area contributed by atoms with Crippen LogP contribution >= 0.6 is 11.6 Å². The number of esters is 1. The molecule has 3 rings (SSSR count). The molecule has 2 aromatic rings. The summed E-state index contributed by atoms with van der Waals surface area (Å²) >= 11 is 5.78. The van der Waals surface area contributed by atoms with Crippen molar-refractivity contribution >= 4 is 33.5 Å². The van der Waals surface area contributed by atoms with Crippen molar-refractivity contribution in [3.05, 3.63) is 52.5 Å². The second kappa shape index (κ2) is 8.27. The van der Waals surface area contributed by atoms with E-state index < -0.39 is 32.9 Å². The summed E-state index contributed by atoms with van der Waals surface area (Å²) in [7, 11) is -4.12. The molecule has 29 heavy (non-hydrogen) atoms. The monoisotopic (exact) mass is 440 g/mol. The largest absolute Gasteiger partial charge is 0.454 e. The summed E-state index contributed by atoms with van der Waals surface area (Å²) < 4.78 is 38.6. The van der Waals surface area contributed by atoms with Gasteiger partial charge in [0.1, 0.15) is 4.90 Å². The molecule has 0 unspecified atom stereocenters. The minimum absolute atomic E-state index is 0.103. The summed E-state index contributed by atoms with van der Waals surface area (Å²) in [5.74, 6) is -0.206. The normalized spacial score (nSPS) is 13.6. The van der Waals surface area contributed by atoms with Crippen LogP contribution in [0, 0.1) is 0 Å². The fraction of sp³-hybridized carbons (Fsp3) is 0.222. The number of rotatable bonds is 6. The second-order valence-electron chi connectivity index (χ2n) is 6.14. The maximum absolute atomic E-state index is 12.2. The zero-order valence-electron chi connectivity index (χ0n) is 15.2. The predicted octanol–water partition coefficient (Wildman–Crippen LogP) is 1.58. The smallest absolute Gasteiger partial charge is 0.338 e. The Hall–Kier alpha value is -2.82. The van der Waals surface area contributed by atoms with E-state index in [0.717, 1.165) is 11.6 Å². The second-order valence-corrected chi connectivity index (χ2v) is 8.08. The van der Waals surface area contributed by atoms with Crippen LogP contribution in [-0.2, 0) is 26.1 Å². The lowest BCUT2D eigenvalue weighted by molar-refractivity contribution is -0.129. The van der Waals surface area contributed by atoms with Gasteiger partial charge in [-0.05, 0) is 42.8 Å². The molecule has 1 aliphatic rings. The van der Waals surface area contributed by atoms with Crippen LogP contribution in [-0.4, -0.2) is 33.2 Å². The first-order valence-corrected chi connectivity index (χ1v) is 10.3. The maximum atomic E-state index is 12.2. The summed E-state index contributed by atoms with van der Waals surface area (Å²) in [6, 6.07) is 8.72. The van der Waals surface area contributed by atoms with Crippen molar-refractivity contribution in [2.45, 2.75) is 24.5 Å². The van der Waals surface area contributed by atoms with Crippen LogP contribution in [0.25, 0.3) is 0 Å². The van der Waals surface area contributed by atoms with E-state index in [-0.39, 0.29) is 23.9 Å². The molecule has 0 saturated carbocycles. The molecule has 3 N–H and O–H groups in total. The van der Waals surface area contributed by atoms with Gasteiger partial charge >= 0.3 is 5.97 Å². The van der Waals surface area contributed by atoms with Crippen LogP contribution in [0.1, 0.15) is 22.8 Å². The molecule has 0 bridgehead atoms. The Kier molecular flexibility index (Phi) is 5.96. The number of primary sulfonamides is 1. The number of carbonyl (C=O) groups is 2. The van der Waals surface area contributed by atoms with Gasteiger partial charge < -0.3 is 19.5 Å². The van der Waals surface area contributed by atoms with Gasteiger partial charge in [-0.3, -0.25) is 4.79 Å². The Balaban J connectivity index is 1.60. The quantitative estimate of drug-likeness (QED) is 0.651. The molecular formula is C18H17ClN2O7S. The fourth-order valence-corrected chi connectivity index (χ4v) is 3.59. The van der Waals surface area contributed by atoms with E-state index >= 15 is 0 Å². The van der Waals surface area contributed by atoms with E-state index in [1.54, 1.807) is 18.2 Å². The summed E-state index contributed by atoms with van der Waals surface area (Å²) in [6.07, 6.45) is -1.12. The van der Waals surface area contributed by atoms with E-state index in [9.17, 15) is 18.0 Å². The highest BCUT2D eigenvalue weighted by atomic mass is 35.5. The van der Waals surface area contributed by atoms with Gasteiger partial charge in [0, 0.05) is 6.54 Å². The Morgan fingerprint density at radius 2 is 1.93 bits per heavy atom. The third-order valence-electron chi connectivity index (χ3n) is 4.03. The number of benzene rings is 2. The number of halogens is 1. The van der Waals surface area contributed by atoms with Crippen molar-refractivity contribution in [3.8, 4) is 11.5 Å². The van der Waals surface area contributed by atoms with Crippen LogP contribution in [0.5, 0.6) is 11.5 Å². The number of hydrogen-bond donors (Lipinski definition) is 2. The van der Waals surface area contributed by atoms with Crippen molar-refractivity contribution in [1.29, 1.82) is 0 Å². The van der Waals surface area contributed by atoms with Crippen molar-refractivity contribution in [2.75, 3.05) is 6.79 Å². The summed E-state index contributed by atoms with van der Waals surface area (Å²) in [5.41, 5.74) is 0.672. The Bertz CT molecular complexity index is 1070. The first kappa shape index (κ1) is 20.9. The lowest BCUT2D eigenvalue weighted by Gasteiger charge is -2.14. The third kappa shape index (κ3) is 4.97. The van der Waals surface area contributed by atoms with Crippen molar-refractivity contribution in [2.24, 2.45) is 5.14 Å². The number of ether oxygens (including phenoxy) is 3. The van der Waals surface area contributed by atoms with Gasteiger partial charge in [0.05, 0.1) is 10.6 Å². The number of fused-ring (bicyclic) bond motifs is 1. The van der Waals surface area contributed by atoms with Crippen LogP contribution < -0.4 is 19.9 Å². The van der Waals surface area contributed by atoms with E-state index in [1.807, 2.05) is 0 Å². The van der Waals surface area contributed by atoms with Gasteiger partial charge in [0.2, 0.25) is 16.8 Å². The fourth-order valence-electron chi connectivity index (χ4n) is 2.51. The molecule has 1 atom stereocenters. The predicted molar refractivity (Wildman–Crippen MR) is 102 cm³/mol. The van der Waals surface area contributed by atoms with Gasteiger partial charge in [-0.25, -0.2) is 18.4 Å². The highest BCUT2D eigenvalue weighted by Crippen LogP contribution is 2.32. The van der Waals surface area contributed by atoms with Crippen molar-refractivity contribution in [3.63, 3.8) is 0 Å². The van der Waals surface area contributed by atoms with Crippen molar-refractivity contribution in [1.82, 2.24) is 5.32 Å². The van der Waals surface area contributed by atoms with Gasteiger partial charge in [-0.2, -0.15) is 0 Å². The molecule has 0 fully saturated rings. The molecule has 0 aliphatic carbocycles. The first-order chi connectivity index (χ1) is 13.6. The molecule has 0 saturated heterocycles. The molecule has 0 spiro atoms. The van der Waals surface area contributed by atoms with Crippen LogP contribution in [0.4, 0.5) is 0 Å². The van der Waals surface area contributed by atoms with Gasteiger partial charge in [-0.1, -0.05) is 17.7 Å². The number of sulfonamides is 1. The number of carbonyl (C=O) groups excluding carboxylic acids is 2. The molecule has 9 nitrogen and oxygen atoms in total. The molecule has 0 aromatic heterocycles. The highest BCUT2D eigenvalue weighted by Gasteiger charge is 2.22. The lowest BCUT2D eigenvalue weighted by Crippen LogP contribution is -2.35. The van der Waals surface area contributed by atoms with E-state index in [4.69, 9.17) is 31.0 Å². The third-order valence-corrected chi connectivity index (χ3v) is 5.42. The van der Waals surface area contributed by atoms with E-state index in [1.165, 1.54) is 19.1 Å². The van der Waals surface area contributed by atoms with E-state index in [0.29, 0.717) is 11.5 Å². The SMILES string of the molecule is C[C@H](OC(=O)c1ccc(Cl)c(S(N)(=O)=O)c1)C(=O)NCc1ccc2c(c1)OCO2. The molecule has 0 radical (unpaired) electrons. The summed E-state index contributed by atoms with van der Waals surface area (Å²) in [6.45, 7) is 1.73. The molecule has 2 aromatic carbocycles. The average molecular weight is 441 g/mol. The minimum Gasteiger partial charge on any atom is -0.454 e. The zero-order chi connectivity index (χ0) is 21.2. The lowest BCUT2D eigenvalue weighted by atomic mass is 10.2. The van der Waals surface area contributed by atoms with Crippen LogP contribution in [0.3, 0.4) is 0 Å². The molecule has 1 amide bonds. The number of hydrogen-bond acceptors (Lipinski definition) is 7.